The first-order valence-electron chi connectivity index (χ1n) is 6.30. The van der Waals surface area contributed by atoms with E-state index in [-0.39, 0.29) is 23.6 Å². The first-order chi connectivity index (χ1) is 8.63. The molecule has 0 saturated carbocycles. The molecule has 1 aromatic rings. The Bertz CT molecular complexity index is 445. The van der Waals surface area contributed by atoms with Crippen LogP contribution in [0.25, 0.3) is 0 Å². The number of phenols is 1. The van der Waals surface area contributed by atoms with E-state index in [9.17, 15) is 9.90 Å². The molecule has 2 atom stereocenters. The van der Waals surface area contributed by atoms with Gasteiger partial charge >= 0.3 is 5.97 Å². The molecule has 2 rings (SSSR count). The number of esters is 1. The fourth-order valence-corrected chi connectivity index (χ4v) is 2.47. The van der Waals surface area contributed by atoms with Crippen molar-refractivity contribution in [1.82, 2.24) is 5.32 Å². The summed E-state index contributed by atoms with van der Waals surface area (Å²) in [6.07, 6.45) is 0. The molecule has 0 aliphatic carbocycles. The monoisotopic (exact) mass is 249 g/mol. The number of aryl methyl sites for hydroxylation is 1. The van der Waals surface area contributed by atoms with Crippen LogP contribution in [0.3, 0.4) is 0 Å². The molecule has 0 spiro atoms. The van der Waals surface area contributed by atoms with Crippen LogP contribution in [-0.4, -0.2) is 30.8 Å². The van der Waals surface area contributed by atoms with E-state index in [2.05, 4.69) is 5.32 Å². The van der Waals surface area contributed by atoms with Gasteiger partial charge in [0, 0.05) is 19.0 Å². The molecule has 1 aliphatic heterocycles. The number of phenolic OH excluding ortho intramolecular Hbond substituents is 1. The molecule has 4 nitrogen and oxygen atoms in total. The van der Waals surface area contributed by atoms with E-state index in [1.54, 1.807) is 13.0 Å². The number of hydrogen-bond acceptors (Lipinski definition) is 4. The van der Waals surface area contributed by atoms with Crippen LogP contribution in [0.15, 0.2) is 18.2 Å². The molecule has 0 aromatic heterocycles. The third-order valence-corrected chi connectivity index (χ3v) is 3.39. The van der Waals surface area contributed by atoms with Gasteiger partial charge in [-0.2, -0.15) is 0 Å². The summed E-state index contributed by atoms with van der Waals surface area (Å²) in [6.45, 7) is 5.48. The molecular formula is C14H19NO3. The Balaban J connectivity index is 2.25. The lowest BCUT2D eigenvalue weighted by atomic mass is 9.87. The third kappa shape index (κ3) is 2.48. The topological polar surface area (TPSA) is 58.6 Å². The average molecular weight is 249 g/mol. The third-order valence-electron chi connectivity index (χ3n) is 3.39. The summed E-state index contributed by atoms with van der Waals surface area (Å²) < 4.78 is 5.09. The molecule has 2 N–H and O–H groups in total. The largest absolute Gasteiger partial charge is 0.508 e. The number of aromatic hydroxyl groups is 1. The quantitative estimate of drug-likeness (QED) is 0.798. The molecule has 1 fully saturated rings. The van der Waals surface area contributed by atoms with Crippen LogP contribution in [0.5, 0.6) is 5.75 Å². The molecule has 0 radical (unpaired) electrons. The Hall–Kier alpha value is -1.55. The zero-order valence-electron chi connectivity index (χ0n) is 10.8. The summed E-state index contributed by atoms with van der Waals surface area (Å²) >= 11 is 0. The van der Waals surface area contributed by atoms with Crippen molar-refractivity contribution < 1.29 is 14.6 Å². The van der Waals surface area contributed by atoms with Crippen LogP contribution in [0, 0.1) is 12.8 Å². The first kappa shape index (κ1) is 12.9. The maximum absolute atomic E-state index is 11.9. The number of hydrogen-bond donors (Lipinski definition) is 2. The summed E-state index contributed by atoms with van der Waals surface area (Å²) in [4.78, 5) is 11.9. The lowest BCUT2D eigenvalue weighted by Gasteiger charge is -2.18. The second-order valence-electron chi connectivity index (χ2n) is 4.69. The Morgan fingerprint density at radius 3 is 3.00 bits per heavy atom. The molecule has 98 valence electrons. The Morgan fingerprint density at radius 2 is 2.28 bits per heavy atom. The van der Waals surface area contributed by atoms with E-state index < -0.39 is 0 Å². The number of carbonyl (C=O) groups is 1. The van der Waals surface area contributed by atoms with E-state index in [0.717, 1.165) is 11.1 Å². The highest BCUT2D eigenvalue weighted by Gasteiger charge is 2.36. The van der Waals surface area contributed by atoms with Crippen molar-refractivity contribution >= 4 is 5.97 Å². The van der Waals surface area contributed by atoms with Crippen molar-refractivity contribution in [3.05, 3.63) is 29.3 Å². The number of ether oxygens (including phenoxy) is 1. The SMILES string of the molecule is CCOC(=O)[C@@H]1CNC[C@H]1c1cc(C)ccc1O. The predicted molar refractivity (Wildman–Crippen MR) is 68.6 cm³/mol. The summed E-state index contributed by atoms with van der Waals surface area (Å²) in [6, 6.07) is 5.49. The molecule has 1 aliphatic rings. The molecule has 1 heterocycles. The van der Waals surface area contributed by atoms with Crippen LogP contribution in [-0.2, 0) is 9.53 Å². The Morgan fingerprint density at radius 1 is 1.50 bits per heavy atom. The van der Waals surface area contributed by atoms with Gasteiger partial charge in [0.2, 0.25) is 0 Å². The lowest BCUT2D eigenvalue weighted by Crippen LogP contribution is -2.24. The van der Waals surface area contributed by atoms with Gasteiger partial charge in [-0.3, -0.25) is 4.79 Å². The van der Waals surface area contributed by atoms with Gasteiger partial charge in [-0.15, -0.1) is 0 Å². The number of carbonyl (C=O) groups excluding carboxylic acids is 1. The van der Waals surface area contributed by atoms with Gasteiger partial charge in [-0.25, -0.2) is 0 Å². The van der Waals surface area contributed by atoms with Crippen molar-refractivity contribution in [2.24, 2.45) is 5.92 Å². The summed E-state index contributed by atoms with van der Waals surface area (Å²) in [5, 5.41) is 13.1. The Labute approximate surface area is 107 Å². The fraction of sp³-hybridized carbons (Fsp3) is 0.500. The summed E-state index contributed by atoms with van der Waals surface area (Å²) in [5.74, 6) is -0.154. The smallest absolute Gasteiger partial charge is 0.310 e. The lowest BCUT2D eigenvalue weighted by molar-refractivity contribution is -0.147. The normalized spacial score (nSPS) is 23.0. The zero-order chi connectivity index (χ0) is 13.1. The Kier molecular flexibility index (Phi) is 3.87. The molecule has 0 amide bonds. The number of benzene rings is 1. The molecule has 4 heteroatoms. The highest BCUT2D eigenvalue weighted by atomic mass is 16.5. The van der Waals surface area contributed by atoms with Crippen molar-refractivity contribution in [3.63, 3.8) is 0 Å². The molecule has 1 saturated heterocycles. The predicted octanol–water partition coefficient (Wildman–Crippen LogP) is 1.57. The molecule has 18 heavy (non-hydrogen) atoms. The van der Waals surface area contributed by atoms with Gasteiger partial charge in [-0.1, -0.05) is 17.7 Å². The van der Waals surface area contributed by atoms with Crippen LogP contribution in [0.2, 0.25) is 0 Å². The van der Waals surface area contributed by atoms with Crippen LogP contribution < -0.4 is 5.32 Å². The first-order valence-corrected chi connectivity index (χ1v) is 6.30. The number of nitrogens with one attached hydrogen (secondary N) is 1. The van der Waals surface area contributed by atoms with E-state index in [0.29, 0.717) is 19.7 Å². The second-order valence-corrected chi connectivity index (χ2v) is 4.69. The van der Waals surface area contributed by atoms with Crippen molar-refractivity contribution in [3.8, 4) is 5.75 Å². The van der Waals surface area contributed by atoms with E-state index in [1.807, 2.05) is 19.1 Å². The van der Waals surface area contributed by atoms with Gasteiger partial charge in [0.1, 0.15) is 5.75 Å². The van der Waals surface area contributed by atoms with Crippen LogP contribution in [0.1, 0.15) is 24.0 Å². The van der Waals surface area contributed by atoms with Crippen LogP contribution in [0.4, 0.5) is 0 Å². The second kappa shape index (κ2) is 5.40. The van der Waals surface area contributed by atoms with Crippen molar-refractivity contribution in [1.29, 1.82) is 0 Å². The van der Waals surface area contributed by atoms with Gasteiger partial charge in [0.25, 0.3) is 0 Å². The minimum absolute atomic E-state index is 0.0102. The average Bonchev–Trinajstić information content (AvgIpc) is 2.81. The minimum Gasteiger partial charge on any atom is -0.508 e. The van der Waals surface area contributed by atoms with Crippen LogP contribution >= 0.6 is 0 Å². The summed E-state index contributed by atoms with van der Waals surface area (Å²) in [5.41, 5.74) is 1.91. The van der Waals surface area contributed by atoms with Gasteiger partial charge in [0.15, 0.2) is 0 Å². The molecule has 1 aromatic carbocycles. The van der Waals surface area contributed by atoms with Gasteiger partial charge in [-0.05, 0) is 25.5 Å². The fourth-order valence-electron chi connectivity index (χ4n) is 2.47. The van der Waals surface area contributed by atoms with Gasteiger partial charge in [0.05, 0.1) is 12.5 Å². The minimum atomic E-state index is -0.211. The van der Waals surface area contributed by atoms with Gasteiger partial charge < -0.3 is 15.2 Å². The number of rotatable bonds is 3. The molecule has 0 bridgehead atoms. The summed E-state index contributed by atoms with van der Waals surface area (Å²) in [7, 11) is 0. The zero-order valence-corrected chi connectivity index (χ0v) is 10.8. The van der Waals surface area contributed by atoms with E-state index >= 15 is 0 Å². The standard InChI is InChI=1S/C14H19NO3/c1-3-18-14(17)12-8-15-7-11(12)10-6-9(2)4-5-13(10)16/h4-6,11-12,15-16H,3,7-8H2,1-2H3/t11-,12+/m0/s1. The van der Waals surface area contributed by atoms with Crippen molar-refractivity contribution in [2.75, 3.05) is 19.7 Å². The maximum Gasteiger partial charge on any atom is 0.310 e. The molecule has 0 unspecified atom stereocenters. The van der Waals surface area contributed by atoms with Crippen molar-refractivity contribution in [2.45, 2.75) is 19.8 Å². The van der Waals surface area contributed by atoms with E-state index in [4.69, 9.17) is 4.74 Å². The maximum atomic E-state index is 11.9. The highest BCUT2D eigenvalue weighted by molar-refractivity contribution is 5.75. The van der Waals surface area contributed by atoms with E-state index in [1.165, 1.54) is 0 Å². The highest BCUT2D eigenvalue weighted by Crippen LogP contribution is 2.34. The molecular weight excluding hydrogens is 230 g/mol.